The van der Waals surface area contributed by atoms with Crippen molar-refractivity contribution in [2.45, 2.75) is 24.5 Å². The third-order valence-corrected chi connectivity index (χ3v) is 6.44. The molecule has 1 N–H and O–H groups in total. The number of para-hydroxylation sites is 2. The van der Waals surface area contributed by atoms with E-state index in [0.29, 0.717) is 18.5 Å². The van der Waals surface area contributed by atoms with Crippen LogP contribution in [0.4, 0.5) is 11.4 Å². The van der Waals surface area contributed by atoms with E-state index in [2.05, 4.69) is 5.32 Å². The Balaban J connectivity index is 0.00000208. The van der Waals surface area contributed by atoms with Gasteiger partial charge in [-0.15, -0.1) is 12.4 Å². The molecule has 0 unspecified atom stereocenters. The molecule has 130 valence electrons. The number of nitrogens with one attached hydrogen (secondary N) is 1. The zero-order valence-corrected chi connectivity index (χ0v) is 15.3. The summed E-state index contributed by atoms with van der Waals surface area (Å²) in [6.45, 7) is 0.832. The monoisotopic (exact) mass is 366 g/mol. The van der Waals surface area contributed by atoms with Crippen LogP contribution in [0, 0.1) is 0 Å². The molecule has 6 heteroatoms. The Bertz CT molecular complexity index is 766. The molecule has 0 spiro atoms. The Labute approximate surface area is 150 Å². The second-order valence-electron chi connectivity index (χ2n) is 5.85. The second kappa shape index (κ2) is 8.01. The van der Waals surface area contributed by atoms with Crippen molar-refractivity contribution in [2.24, 2.45) is 0 Å². The van der Waals surface area contributed by atoms with Gasteiger partial charge < -0.3 is 5.32 Å². The maximum Gasteiger partial charge on any atom is 0.242 e. The zero-order valence-electron chi connectivity index (χ0n) is 13.7. The van der Waals surface area contributed by atoms with Gasteiger partial charge in [0.2, 0.25) is 10.0 Å². The lowest BCUT2D eigenvalue weighted by Crippen LogP contribution is -2.41. The zero-order chi connectivity index (χ0) is 16.3. The van der Waals surface area contributed by atoms with Crippen molar-refractivity contribution in [1.82, 2.24) is 5.32 Å². The van der Waals surface area contributed by atoms with Crippen LogP contribution in [0.5, 0.6) is 0 Å². The molecular formula is C18H23ClN2O2S. The molecule has 1 heterocycles. The topological polar surface area (TPSA) is 49.4 Å². The maximum atomic E-state index is 13.2. The summed E-state index contributed by atoms with van der Waals surface area (Å²) in [7, 11) is -1.52. The highest BCUT2D eigenvalue weighted by atomic mass is 35.5. The molecule has 0 fully saturated rings. The van der Waals surface area contributed by atoms with Crippen molar-refractivity contribution in [3.63, 3.8) is 0 Å². The van der Waals surface area contributed by atoms with Gasteiger partial charge in [-0.1, -0.05) is 36.4 Å². The van der Waals surface area contributed by atoms with Crippen LogP contribution in [0.3, 0.4) is 0 Å². The van der Waals surface area contributed by atoms with E-state index in [4.69, 9.17) is 0 Å². The molecule has 0 saturated carbocycles. The number of anilines is 2. The van der Waals surface area contributed by atoms with Crippen molar-refractivity contribution < 1.29 is 8.42 Å². The molecule has 3 rings (SSSR count). The molecule has 4 nitrogen and oxygen atoms in total. The molecule has 0 radical (unpaired) electrons. The van der Waals surface area contributed by atoms with Gasteiger partial charge >= 0.3 is 0 Å². The minimum atomic E-state index is -3.41. The second-order valence-corrected chi connectivity index (χ2v) is 7.91. The molecule has 2 aromatic carbocycles. The number of hydrogen-bond donors (Lipinski definition) is 1. The van der Waals surface area contributed by atoms with Gasteiger partial charge in [-0.25, -0.2) is 12.7 Å². The van der Waals surface area contributed by atoms with Crippen molar-refractivity contribution in [3.8, 4) is 0 Å². The summed E-state index contributed by atoms with van der Waals surface area (Å²) in [6.07, 6.45) is 2.11. The Kier molecular flexibility index (Phi) is 6.27. The van der Waals surface area contributed by atoms with Crippen LogP contribution in [-0.2, 0) is 16.4 Å². The highest BCUT2D eigenvalue weighted by Crippen LogP contribution is 2.39. The summed E-state index contributed by atoms with van der Waals surface area (Å²) in [4.78, 5) is 0. The van der Waals surface area contributed by atoms with E-state index in [1.807, 2.05) is 61.6 Å². The molecule has 0 aromatic heterocycles. The van der Waals surface area contributed by atoms with Gasteiger partial charge in [0.1, 0.15) is 0 Å². The predicted octanol–water partition coefficient (Wildman–Crippen LogP) is 3.50. The molecule has 24 heavy (non-hydrogen) atoms. The van der Waals surface area contributed by atoms with Crippen LogP contribution in [0.2, 0.25) is 0 Å². The van der Waals surface area contributed by atoms with Gasteiger partial charge in [-0.2, -0.15) is 0 Å². The van der Waals surface area contributed by atoms with Crippen LogP contribution in [0.1, 0.15) is 18.4 Å². The third-order valence-electron chi connectivity index (χ3n) is 4.28. The van der Waals surface area contributed by atoms with Gasteiger partial charge in [-0.05, 0) is 56.6 Å². The smallest absolute Gasteiger partial charge is 0.242 e. The molecule has 0 aliphatic carbocycles. The van der Waals surface area contributed by atoms with Crippen LogP contribution in [-0.4, -0.2) is 27.3 Å². The number of rotatable bonds is 5. The first-order chi connectivity index (χ1) is 11.1. The van der Waals surface area contributed by atoms with Gasteiger partial charge in [0.05, 0.1) is 16.6 Å². The minimum Gasteiger partial charge on any atom is -0.320 e. The van der Waals surface area contributed by atoms with Crippen molar-refractivity contribution >= 4 is 33.8 Å². The highest BCUT2D eigenvalue weighted by molar-refractivity contribution is 7.93. The van der Waals surface area contributed by atoms with Crippen LogP contribution in [0.15, 0.2) is 54.6 Å². The fraction of sp³-hybridized carbons (Fsp3) is 0.333. The van der Waals surface area contributed by atoms with Gasteiger partial charge in [-0.3, -0.25) is 0 Å². The van der Waals surface area contributed by atoms with E-state index in [1.165, 1.54) is 4.31 Å². The van der Waals surface area contributed by atoms with Crippen LogP contribution in [0.25, 0.3) is 0 Å². The van der Waals surface area contributed by atoms with Gasteiger partial charge in [0.25, 0.3) is 0 Å². The normalized spacial score (nSPS) is 18.5. The lowest BCUT2D eigenvalue weighted by molar-refractivity contribution is 0.554. The standard InChI is InChI=1S/C18H22N2O2S.ClH/c1-19-13-7-11-17-14-15-8-5-6-12-18(15)20(23(17,21)22)16-9-3-2-4-10-16;/h2-6,8-10,12,17,19H,7,11,13-14H2,1H3;1H/t17-;/m1./s1. The van der Waals surface area contributed by atoms with E-state index >= 15 is 0 Å². The molecule has 0 amide bonds. The number of nitrogens with zero attached hydrogens (tertiary/aromatic N) is 1. The first-order valence-corrected chi connectivity index (χ1v) is 9.46. The minimum absolute atomic E-state index is 0. The number of fused-ring (bicyclic) bond motifs is 1. The number of benzene rings is 2. The maximum absolute atomic E-state index is 13.2. The SMILES string of the molecule is CNCCC[C@@H]1Cc2ccccc2N(c2ccccc2)S1(=O)=O.Cl. The molecule has 1 aliphatic rings. The first kappa shape index (κ1) is 18.8. The van der Waals surface area contributed by atoms with E-state index in [9.17, 15) is 8.42 Å². The quantitative estimate of drug-likeness (QED) is 0.824. The first-order valence-electron chi connectivity index (χ1n) is 7.96. The predicted molar refractivity (Wildman–Crippen MR) is 102 cm³/mol. The summed E-state index contributed by atoms with van der Waals surface area (Å²) in [5, 5.41) is 2.72. The van der Waals surface area contributed by atoms with E-state index in [0.717, 1.165) is 24.2 Å². The average Bonchev–Trinajstić information content (AvgIpc) is 2.56. The molecular weight excluding hydrogens is 344 g/mol. The Morgan fingerprint density at radius 1 is 1.08 bits per heavy atom. The summed E-state index contributed by atoms with van der Waals surface area (Å²) in [5.41, 5.74) is 2.59. The lowest BCUT2D eigenvalue weighted by atomic mass is 10.0. The lowest BCUT2D eigenvalue weighted by Gasteiger charge is -2.35. The van der Waals surface area contributed by atoms with Crippen molar-refractivity contribution in [3.05, 3.63) is 60.2 Å². The van der Waals surface area contributed by atoms with E-state index in [-0.39, 0.29) is 17.7 Å². The Morgan fingerprint density at radius 3 is 2.46 bits per heavy atom. The highest BCUT2D eigenvalue weighted by Gasteiger charge is 2.38. The summed E-state index contributed by atoms with van der Waals surface area (Å²) in [5.74, 6) is 0. The molecule has 1 aliphatic heterocycles. The molecule has 1 atom stereocenters. The molecule has 0 saturated heterocycles. The Morgan fingerprint density at radius 2 is 1.75 bits per heavy atom. The summed E-state index contributed by atoms with van der Waals surface area (Å²) >= 11 is 0. The third kappa shape index (κ3) is 3.58. The fourth-order valence-electron chi connectivity index (χ4n) is 3.13. The summed E-state index contributed by atoms with van der Waals surface area (Å²) < 4.78 is 27.9. The number of sulfonamides is 1. The van der Waals surface area contributed by atoms with Gasteiger partial charge in [0.15, 0.2) is 0 Å². The fourth-order valence-corrected chi connectivity index (χ4v) is 5.15. The van der Waals surface area contributed by atoms with E-state index < -0.39 is 10.0 Å². The van der Waals surface area contributed by atoms with Crippen LogP contribution < -0.4 is 9.62 Å². The average molecular weight is 367 g/mol. The van der Waals surface area contributed by atoms with Gasteiger partial charge in [0, 0.05) is 0 Å². The molecule has 0 bridgehead atoms. The van der Waals surface area contributed by atoms with E-state index in [1.54, 1.807) is 0 Å². The summed E-state index contributed by atoms with van der Waals surface area (Å²) in [6, 6.07) is 17.1. The molecule has 2 aromatic rings. The number of halogens is 1. The number of hydrogen-bond acceptors (Lipinski definition) is 3. The van der Waals surface area contributed by atoms with Crippen molar-refractivity contribution in [2.75, 3.05) is 17.9 Å². The van der Waals surface area contributed by atoms with Crippen molar-refractivity contribution in [1.29, 1.82) is 0 Å². The largest absolute Gasteiger partial charge is 0.320 e. The Hall–Kier alpha value is -1.56. The van der Waals surface area contributed by atoms with Crippen LogP contribution >= 0.6 is 12.4 Å².